The lowest BCUT2D eigenvalue weighted by Gasteiger charge is -1.48. The molecule has 0 aliphatic heterocycles. The highest BCUT2D eigenvalue weighted by molar-refractivity contribution is 6.13. The van der Waals surface area contributed by atoms with E-state index in [2.05, 4.69) is 13.8 Å². The van der Waals surface area contributed by atoms with Gasteiger partial charge in [0.05, 0.1) is 0 Å². The first-order chi connectivity index (χ1) is 2.83. The maximum Gasteiger partial charge on any atom is 0.662 e. The fraction of sp³-hybridized carbons (Fsp3) is 1.00. The molecule has 1 radical (unpaired) electrons. The van der Waals surface area contributed by atoms with Crippen molar-refractivity contribution in [1.29, 1.82) is 0 Å². The van der Waals surface area contributed by atoms with Crippen LogP contribution in [-0.4, -0.2) is 24.2 Å². The van der Waals surface area contributed by atoms with Crippen molar-refractivity contribution in [3.8, 4) is 0 Å². The molecule has 0 spiro atoms. The molecule has 0 rings (SSSR count). The summed E-state index contributed by atoms with van der Waals surface area (Å²) >= 11 is -1.25. The Labute approximate surface area is 57.3 Å². The minimum atomic E-state index is -1.25. The van der Waals surface area contributed by atoms with E-state index in [1.54, 1.807) is 0 Å². The van der Waals surface area contributed by atoms with Crippen LogP contribution in [0.3, 0.4) is 0 Å². The third kappa shape index (κ3) is 275. The Kier molecular flexibility index (Phi) is 66.1. The van der Waals surface area contributed by atoms with Gasteiger partial charge in [-0.25, -0.2) is 0 Å². The molecule has 0 unspecified atom stereocenters. The molecule has 0 aromatic rings. The van der Waals surface area contributed by atoms with Gasteiger partial charge in [0.2, 0.25) is 0 Å². The van der Waals surface area contributed by atoms with Crippen molar-refractivity contribution in [2.45, 2.75) is 20.3 Å². The summed E-state index contributed by atoms with van der Waals surface area (Å²) in [5, 5.41) is 0. The molecule has 0 bridgehead atoms. The van der Waals surface area contributed by atoms with Gasteiger partial charge >= 0.3 is 15.9 Å². The first-order valence-electron chi connectivity index (χ1n) is 1.93. The van der Waals surface area contributed by atoms with Crippen LogP contribution in [-0.2, 0) is 0 Å². The summed E-state index contributed by atoms with van der Waals surface area (Å²) in [6.07, 6.45) is 1.25. The molecule has 0 fully saturated rings. The van der Waals surface area contributed by atoms with E-state index in [4.69, 9.17) is 8.32 Å². The molecule has 0 aliphatic rings. The highest BCUT2D eigenvalue weighted by atomic mass is 35.5. The minimum absolute atomic E-state index is 0. The molecule has 7 heavy (non-hydrogen) atoms. The molecule has 0 saturated heterocycles. The zero-order chi connectivity index (χ0) is 5.41. The summed E-state index contributed by atoms with van der Waals surface area (Å²) in [7, 11) is 0. The van der Waals surface area contributed by atoms with E-state index < -0.39 is 15.9 Å². The molecule has 0 heterocycles. The molecule has 45 valence electrons. The maximum atomic E-state index is 7.21. The standard InChI is InChI=1S/C3H8.Al.ClH.2H2O/c1-3-2;;;;/h3H2,1-2H3;;1H;2*1H2/q;+2;;;/p-2. The third-order valence-electron chi connectivity index (χ3n) is 0. The summed E-state index contributed by atoms with van der Waals surface area (Å²) in [6.45, 7) is 4.25. The van der Waals surface area contributed by atoms with Crippen molar-refractivity contribution in [2.75, 3.05) is 0 Å². The van der Waals surface area contributed by atoms with E-state index in [-0.39, 0.29) is 12.4 Å². The van der Waals surface area contributed by atoms with Crippen LogP contribution < -0.4 is 0 Å². The molecule has 2 N–H and O–H groups in total. The van der Waals surface area contributed by atoms with Gasteiger partial charge in [0.25, 0.3) is 0 Å². The third-order valence-corrected chi connectivity index (χ3v) is 0. The molecule has 0 aromatic heterocycles. The monoisotopic (exact) mass is 141 g/mol. The van der Waals surface area contributed by atoms with Crippen molar-refractivity contribution in [3.05, 3.63) is 0 Å². The van der Waals surface area contributed by atoms with E-state index >= 15 is 0 Å². The minimum Gasteiger partial charge on any atom is -0.499 e. The fourth-order valence-electron chi connectivity index (χ4n) is 0. The molecular formula is C3H11AlClO2. The van der Waals surface area contributed by atoms with E-state index in [9.17, 15) is 0 Å². The Hall–Kier alpha value is 0.742. The molecular weight excluding hydrogens is 130 g/mol. The molecule has 0 amide bonds. The number of halogens is 1. The van der Waals surface area contributed by atoms with Crippen LogP contribution in [0.4, 0.5) is 0 Å². The van der Waals surface area contributed by atoms with Gasteiger partial charge in [0, 0.05) is 0 Å². The topological polar surface area (TPSA) is 40.5 Å². The van der Waals surface area contributed by atoms with Gasteiger partial charge in [-0.05, 0) is 0 Å². The van der Waals surface area contributed by atoms with Crippen LogP contribution in [0.15, 0.2) is 0 Å². The zero-order valence-corrected chi connectivity index (χ0v) is 6.56. The molecule has 2 nitrogen and oxygen atoms in total. The average Bonchev–Trinajstić information content (AvgIpc) is 1.39. The lowest BCUT2D eigenvalue weighted by Crippen LogP contribution is -1.75. The smallest absolute Gasteiger partial charge is 0.499 e. The summed E-state index contributed by atoms with van der Waals surface area (Å²) in [5.41, 5.74) is 0. The Bertz CT molecular complexity index is 14.9. The summed E-state index contributed by atoms with van der Waals surface area (Å²) in [4.78, 5) is 0. The van der Waals surface area contributed by atoms with Crippen molar-refractivity contribution in [3.63, 3.8) is 0 Å². The molecule has 4 heteroatoms. The Morgan fingerprint density at radius 1 is 1.29 bits per heavy atom. The Balaban J connectivity index is -0.0000000400. The lowest BCUT2D eigenvalue weighted by atomic mass is 10.6. The van der Waals surface area contributed by atoms with Crippen molar-refractivity contribution < 1.29 is 8.32 Å². The Morgan fingerprint density at radius 2 is 1.29 bits per heavy atom. The molecule has 0 aliphatic carbocycles. The number of hydrogen-bond acceptors (Lipinski definition) is 2. The number of rotatable bonds is 0. The first-order valence-corrected chi connectivity index (χ1v) is 2.96. The van der Waals surface area contributed by atoms with Crippen molar-refractivity contribution >= 4 is 28.3 Å². The highest BCUT2D eigenvalue weighted by Crippen LogP contribution is 1.56. The van der Waals surface area contributed by atoms with Gasteiger partial charge < -0.3 is 8.32 Å². The zero-order valence-electron chi connectivity index (χ0n) is 4.59. The van der Waals surface area contributed by atoms with Gasteiger partial charge in [-0.15, -0.1) is 12.4 Å². The second kappa shape index (κ2) is 29.6. The molecule has 0 atom stereocenters. The second-order valence-electron chi connectivity index (χ2n) is 0.823. The SMILES string of the molecule is CCC.Cl.[OH][Al][OH]. The van der Waals surface area contributed by atoms with Gasteiger partial charge in [-0.3, -0.25) is 0 Å². The summed E-state index contributed by atoms with van der Waals surface area (Å²) < 4.78 is 14.4. The van der Waals surface area contributed by atoms with Gasteiger partial charge in [0.15, 0.2) is 0 Å². The quantitative estimate of drug-likeness (QED) is 0.478. The summed E-state index contributed by atoms with van der Waals surface area (Å²) in [6, 6.07) is 0. The first kappa shape index (κ1) is 15.6. The normalized spacial score (nSPS) is 4.57. The number of hydrogen-bond donors (Lipinski definition) is 2. The van der Waals surface area contributed by atoms with Gasteiger partial charge in [0.1, 0.15) is 0 Å². The van der Waals surface area contributed by atoms with Crippen LogP contribution in [0.1, 0.15) is 20.3 Å². The van der Waals surface area contributed by atoms with Gasteiger partial charge in [-0.1, -0.05) is 20.3 Å². The fourth-order valence-corrected chi connectivity index (χ4v) is 0. The van der Waals surface area contributed by atoms with Crippen LogP contribution in [0.25, 0.3) is 0 Å². The van der Waals surface area contributed by atoms with Crippen LogP contribution in [0.5, 0.6) is 0 Å². The van der Waals surface area contributed by atoms with Crippen LogP contribution >= 0.6 is 12.4 Å². The van der Waals surface area contributed by atoms with E-state index in [1.807, 2.05) is 0 Å². The van der Waals surface area contributed by atoms with Crippen LogP contribution in [0, 0.1) is 0 Å². The van der Waals surface area contributed by atoms with Crippen LogP contribution in [0.2, 0.25) is 0 Å². The predicted octanol–water partition coefficient (Wildman–Crippen LogP) is 0.343. The van der Waals surface area contributed by atoms with E-state index in [0.29, 0.717) is 0 Å². The predicted molar refractivity (Wildman–Crippen MR) is 33.4 cm³/mol. The highest BCUT2D eigenvalue weighted by Gasteiger charge is 1.61. The van der Waals surface area contributed by atoms with Gasteiger partial charge in [-0.2, -0.15) is 0 Å². The maximum absolute atomic E-state index is 7.21. The van der Waals surface area contributed by atoms with E-state index in [0.717, 1.165) is 0 Å². The van der Waals surface area contributed by atoms with Crippen molar-refractivity contribution in [2.24, 2.45) is 0 Å². The largest absolute Gasteiger partial charge is 0.662 e. The summed E-state index contributed by atoms with van der Waals surface area (Å²) in [5.74, 6) is 0. The second-order valence-corrected chi connectivity index (χ2v) is 1.05. The molecule has 0 saturated carbocycles. The van der Waals surface area contributed by atoms with E-state index in [1.165, 1.54) is 6.42 Å². The van der Waals surface area contributed by atoms with Crippen molar-refractivity contribution in [1.82, 2.24) is 0 Å². The lowest BCUT2D eigenvalue weighted by molar-refractivity contribution is 0.448. The Morgan fingerprint density at radius 3 is 1.29 bits per heavy atom. The molecule has 0 aromatic carbocycles. The average molecular weight is 142 g/mol.